The van der Waals surface area contributed by atoms with Crippen LogP contribution in [0, 0.1) is 5.41 Å². The van der Waals surface area contributed by atoms with Crippen molar-refractivity contribution >= 4 is 0 Å². The second-order valence-electron chi connectivity index (χ2n) is 8.96. The molecule has 1 rings (SSSR count). The highest BCUT2D eigenvalue weighted by Crippen LogP contribution is 2.43. The summed E-state index contributed by atoms with van der Waals surface area (Å²) in [4.78, 5) is 0. The lowest BCUT2D eigenvalue weighted by molar-refractivity contribution is -0.0266. The predicted octanol–water partition coefficient (Wildman–Crippen LogP) is 2.86. The molecule has 0 atom stereocenters. The molecule has 0 saturated carbocycles. The molecule has 0 aliphatic heterocycles. The van der Waals surface area contributed by atoms with Gasteiger partial charge in [0.25, 0.3) is 0 Å². The monoisotopic (exact) mass is 381 g/mol. The molecule has 0 aliphatic carbocycles. The summed E-state index contributed by atoms with van der Waals surface area (Å²) in [6.45, 7) is 12.4. The Morgan fingerprint density at radius 1 is 0.852 bits per heavy atom. The number of aliphatic hydroxyl groups is 3. The molecule has 0 fully saturated rings. The van der Waals surface area contributed by atoms with E-state index in [1.54, 1.807) is 0 Å². The van der Waals surface area contributed by atoms with Gasteiger partial charge in [0.2, 0.25) is 0 Å². The maximum Gasteiger partial charge on any atom is 0.126 e. The summed E-state index contributed by atoms with van der Waals surface area (Å²) >= 11 is 0. The van der Waals surface area contributed by atoms with Crippen molar-refractivity contribution in [2.24, 2.45) is 11.1 Å². The largest absolute Gasteiger partial charge is 0.492 e. The topological polar surface area (TPSA) is 95.9 Å². The Balaban J connectivity index is 3.61. The maximum absolute atomic E-state index is 9.67. The van der Waals surface area contributed by atoms with Crippen LogP contribution in [0.4, 0.5) is 0 Å². The molecule has 1 aromatic rings. The van der Waals surface area contributed by atoms with Crippen LogP contribution < -0.4 is 10.5 Å². The Hall–Kier alpha value is -1.14. The van der Waals surface area contributed by atoms with E-state index >= 15 is 0 Å². The van der Waals surface area contributed by atoms with Gasteiger partial charge in [-0.1, -0.05) is 53.7 Å². The van der Waals surface area contributed by atoms with Gasteiger partial charge in [0.15, 0.2) is 0 Å². The fourth-order valence-electron chi connectivity index (χ4n) is 2.86. The number of benzene rings is 1. The van der Waals surface area contributed by atoms with Gasteiger partial charge in [-0.3, -0.25) is 0 Å². The molecular weight excluding hydrogens is 342 g/mol. The van der Waals surface area contributed by atoms with Crippen molar-refractivity contribution in [1.29, 1.82) is 0 Å². The number of rotatable bonds is 11. The van der Waals surface area contributed by atoms with Gasteiger partial charge in [-0.2, -0.15) is 0 Å². The van der Waals surface area contributed by atoms with Gasteiger partial charge in [-0.05, 0) is 29.2 Å². The van der Waals surface area contributed by atoms with E-state index in [9.17, 15) is 15.3 Å². The molecular formula is C22H39NO4. The van der Waals surface area contributed by atoms with E-state index in [0.717, 1.165) is 35.3 Å². The van der Waals surface area contributed by atoms with Crippen LogP contribution >= 0.6 is 0 Å². The summed E-state index contributed by atoms with van der Waals surface area (Å²) in [5, 5.41) is 29.0. The third-order valence-electron chi connectivity index (χ3n) is 6.14. The molecule has 0 unspecified atom stereocenters. The third kappa shape index (κ3) is 5.23. The van der Waals surface area contributed by atoms with E-state index in [0.29, 0.717) is 6.54 Å². The summed E-state index contributed by atoms with van der Waals surface area (Å²) in [6, 6.07) is 4.21. The summed E-state index contributed by atoms with van der Waals surface area (Å²) in [5.74, 6) is 0.783. The lowest BCUT2D eigenvalue weighted by Gasteiger charge is -2.35. The van der Waals surface area contributed by atoms with E-state index in [-0.39, 0.29) is 37.3 Å². The van der Waals surface area contributed by atoms with Crippen molar-refractivity contribution in [1.82, 2.24) is 0 Å². The number of ether oxygens (including phenoxy) is 1. The Morgan fingerprint density at radius 2 is 1.26 bits per heavy atom. The van der Waals surface area contributed by atoms with Gasteiger partial charge in [-0.15, -0.1) is 0 Å². The molecule has 0 aromatic heterocycles. The summed E-state index contributed by atoms with van der Waals surface area (Å²) in [5.41, 5.74) is 7.86. The molecule has 5 heteroatoms. The Morgan fingerprint density at radius 3 is 1.56 bits per heavy atom. The zero-order valence-corrected chi connectivity index (χ0v) is 17.9. The summed E-state index contributed by atoms with van der Waals surface area (Å²) in [7, 11) is 0. The highest BCUT2D eigenvalue weighted by Gasteiger charge is 2.34. The maximum atomic E-state index is 9.67. The van der Waals surface area contributed by atoms with Crippen LogP contribution in [0.2, 0.25) is 0 Å². The van der Waals surface area contributed by atoms with Gasteiger partial charge in [0.1, 0.15) is 12.4 Å². The first kappa shape index (κ1) is 23.9. The Labute approximate surface area is 164 Å². The number of hydrogen-bond donors (Lipinski definition) is 4. The average molecular weight is 382 g/mol. The first-order valence-corrected chi connectivity index (χ1v) is 9.89. The molecule has 0 heterocycles. The molecule has 0 spiro atoms. The van der Waals surface area contributed by atoms with E-state index in [1.165, 1.54) is 0 Å². The van der Waals surface area contributed by atoms with Crippen LogP contribution in [-0.2, 0) is 17.4 Å². The molecule has 5 nitrogen and oxygen atoms in total. The van der Waals surface area contributed by atoms with Crippen LogP contribution in [0.1, 0.15) is 71.1 Å². The van der Waals surface area contributed by atoms with Crippen molar-refractivity contribution in [2.45, 2.75) is 71.8 Å². The lowest BCUT2D eigenvalue weighted by atomic mass is 9.74. The van der Waals surface area contributed by atoms with E-state index in [2.05, 4.69) is 53.7 Å². The fourth-order valence-corrected chi connectivity index (χ4v) is 2.86. The predicted molar refractivity (Wildman–Crippen MR) is 110 cm³/mol. The SMILES string of the molecule is CCC(C)(C)c1cc(CN)cc(C(C)(C)CC)c1OCC(CO)(CO)CO. The lowest BCUT2D eigenvalue weighted by Crippen LogP contribution is -2.40. The molecule has 0 bridgehead atoms. The average Bonchev–Trinajstić information content (AvgIpc) is 2.68. The standard InChI is InChI=1S/C22H39NO4/c1-7-20(3,4)17-9-16(11-23)10-18(21(5,6)8-2)19(17)27-15-22(12-24,13-25)14-26/h9-10,24-26H,7-8,11-15,23H2,1-6H3. The number of nitrogens with two attached hydrogens (primary N) is 1. The van der Waals surface area contributed by atoms with E-state index in [4.69, 9.17) is 10.5 Å². The number of hydrogen-bond acceptors (Lipinski definition) is 5. The zero-order chi connectivity index (χ0) is 20.9. The van der Waals surface area contributed by atoms with Gasteiger partial charge >= 0.3 is 0 Å². The number of aliphatic hydroxyl groups excluding tert-OH is 3. The van der Waals surface area contributed by atoms with Gasteiger partial charge in [0.05, 0.1) is 25.2 Å². The van der Waals surface area contributed by atoms with Crippen LogP contribution in [0.3, 0.4) is 0 Å². The van der Waals surface area contributed by atoms with Crippen molar-refractivity contribution in [3.05, 3.63) is 28.8 Å². The highest BCUT2D eigenvalue weighted by atomic mass is 16.5. The fraction of sp³-hybridized carbons (Fsp3) is 0.727. The minimum absolute atomic E-state index is 0.0397. The van der Waals surface area contributed by atoms with Crippen molar-refractivity contribution in [2.75, 3.05) is 26.4 Å². The summed E-state index contributed by atoms with van der Waals surface area (Å²) < 4.78 is 6.26. The second-order valence-corrected chi connectivity index (χ2v) is 8.96. The Kier molecular flexibility index (Phi) is 8.30. The quantitative estimate of drug-likeness (QED) is 0.473. The third-order valence-corrected chi connectivity index (χ3v) is 6.14. The first-order valence-electron chi connectivity index (χ1n) is 9.89. The molecule has 0 saturated heterocycles. The normalized spacial score (nSPS) is 13.1. The van der Waals surface area contributed by atoms with Gasteiger partial charge in [-0.25, -0.2) is 0 Å². The van der Waals surface area contributed by atoms with Crippen molar-refractivity contribution in [3.8, 4) is 5.75 Å². The zero-order valence-electron chi connectivity index (χ0n) is 17.9. The molecule has 0 radical (unpaired) electrons. The first-order chi connectivity index (χ1) is 12.6. The van der Waals surface area contributed by atoms with Crippen LogP contribution in [-0.4, -0.2) is 41.7 Å². The molecule has 5 N–H and O–H groups in total. The molecule has 27 heavy (non-hydrogen) atoms. The minimum atomic E-state index is -1.08. The molecule has 1 aromatic carbocycles. The van der Waals surface area contributed by atoms with E-state index < -0.39 is 5.41 Å². The molecule has 156 valence electrons. The second kappa shape index (κ2) is 9.37. The molecule has 0 amide bonds. The minimum Gasteiger partial charge on any atom is -0.492 e. The van der Waals surface area contributed by atoms with Gasteiger partial charge < -0.3 is 25.8 Å². The van der Waals surface area contributed by atoms with Crippen LogP contribution in [0.25, 0.3) is 0 Å². The Bertz CT molecular complexity index is 561. The highest BCUT2D eigenvalue weighted by molar-refractivity contribution is 5.51. The van der Waals surface area contributed by atoms with Gasteiger partial charge in [0, 0.05) is 17.7 Å². The molecule has 0 aliphatic rings. The smallest absolute Gasteiger partial charge is 0.126 e. The van der Waals surface area contributed by atoms with E-state index in [1.807, 2.05) is 0 Å². The van der Waals surface area contributed by atoms with Crippen molar-refractivity contribution < 1.29 is 20.1 Å². The summed E-state index contributed by atoms with van der Waals surface area (Å²) in [6.07, 6.45) is 1.85. The van der Waals surface area contributed by atoms with Crippen molar-refractivity contribution in [3.63, 3.8) is 0 Å². The van der Waals surface area contributed by atoms with Crippen LogP contribution in [0.15, 0.2) is 12.1 Å². The van der Waals surface area contributed by atoms with Crippen LogP contribution in [0.5, 0.6) is 5.75 Å².